The van der Waals surface area contributed by atoms with E-state index >= 15 is 0 Å². The SMILES string of the molecule is CCOC(=O)c1cc2c(cc(C(=O)OCC)c1=O)=CC1=CC=CC=C(C=2)C1. The molecule has 0 amide bonds. The standard InChI is InChI=1S/C22H20O5/c1-3-26-21(24)18-12-16-10-14-7-5-6-8-15(9-14)11-17(16)13-19(20(18)23)22(25)27-4-2/h5-8,10-13H,3-4,9H2,1-2H3. The van der Waals surface area contributed by atoms with Crippen molar-refractivity contribution in [2.75, 3.05) is 13.2 Å². The van der Waals surface area contributed by atoms with Gasteiger partial charge in [-0.3, -0.25) is 4.79 Å². The number of carbonyl (C=O) groups is 2. The third-order valence-electron chi connectivity index (χ3n) is 4.23. The molecule has 0 unspecified atom stereocenters. The summed E-state index contributed by atoms with van der Waals surface area (Å²) in [5, 5.41) is 1.35. The number of allylic oxidation sites excluding steroid dienone is 6. The van der Waals surface area contributed by atoms with Crippen molar-refractivity contribution >= 4 is 24.1 Å². The minimum absolute atomic E-state index is 0.131. The van der Waals surface area contributed by atoms with Gasteiger partial charge in [-0.15, -0.1) is 0 Å². The van der Waals surface area contributed by atoms with Crippen LogP contribution in [0.25, 0.3) is 12.2 Å². The summed E-state index contributed by atoms with van der Waals surface area (Å²) in [4.78, 5) is 37.6. The molecule has 0 heterocycles. The van der Waals surface area contributed by atoms with Gasteiger partial charge in [0.2, 0.25) is 5.43 Å². The second-order valence-corrected chi connectivity index (χ2v) is 6.13. The van der Waals surface area contributed by atoms with E-state index in [1.54, 1.807) is 13.8 Å². The molecular formula is C22H20O5. The van der Waals surface area contributed by atoms with Crippen molar-refractivity contribution in [2.24, 2.45) is 0 Å². The van der Waals surface area contributed by atoms with Gasteiger partial charge < -0.3 is 9.47 Å². The van der Waals surface area contributed by atoms with Crippen molar-refractivity contribution in [1.82, 2.24) is 0 Å². The number of ether oxygens (including phenoxy) is 2. The zero-order chi connectivity index (χ0) is 19.4. The molecule has 138 valence electrons. The summed E-state index contributed by atoms with van der Waals surface area (Å²) >= 11 is 0. The molecule has 2 aliphatic rings. The Morgan fingerprint density at radius 2 is 1.30 bits per heavy atom. The number of fused-ring (bicyclic) bond motifs is 3. The number of rotatable bonds is 4. The van der Waals surface area contributed by atoms with Gasteiger partial charge in [0.15, 0.2) is 0 Å². The predicted octanol–water partition coefficient (Wildman–Crippen LogP) is 1.79. The first-order chi connectivity index (χ1) is 13.0. The highest BCUT2D eigenvalue weighted by atomic mass is 16.5. The molecule has 5 nitrogen and oxygen atoms in total. The molecule has 1 aromatic carbocycles. The Morgan fingerprint density at radius 3 is 1.70 bits per heavy atom. The normalized spacial score (nSPS) is 14.3. The van der Waals surface area contributed by atoms with E-state index in [0.29, 0.717) is 10.4 Å². The number of carbonyl (C=O) groups excluding carboxylic acids is 2. The second kappa shape index (κ2) is 7.99. The van der Waals surface area contributed by atoms with Crippen molar-refractivity contribution in [1.29, 1.82) is 0 Å². The first-order valence-electron chi connectivity index (χ1n) is 8.86. The van der Waals surface area contributed by atoms with Crippen LogP contribution in [-0.2, 0) is 9.47 Å². The maximum atomic E-state index is 12.9. The molecule has 0 spiro atoms. The van der Waals surface area contributed by atoms with E-state index < -0.39 is 17.4 Å². The van der Waals surface area contributed by atoms with Crippen LogP contribution >= 0.6 is 0 Å². The summed E-state index contributed by atoms with van der Waals surface area (Å²) < 4.78 is 10.0. The quantitative estimate of drug-likeness (QED) is 0.762. The van der Waals surface area contributed by atoms with E-state index in [1.165, 1.54) is 12.1 Å². The lowest BCUT2D eigenvalue weighted by molar-refractivity contribution is 0.0523. The van der Waals surface area contributed by atoms with Crippen LogP contribution in [-0.4, -0.2) is 25.2 Å². The third kappa shape index (κ3) is 3.97. The van der Waals surface area contributed by atoms with Gasteiger partial charge in [0.25, 0.3) is 0 Å². The molecule has 3 rings (SSSR count). The Kier molecular flexibility index (Phi) is 5.50. The number of esters is 2. The van der Waals surface area contributed by atoms with Crippen molar-refractivity contribution in [3.8, 4) is 0 Å². The first kappa shape index (κ1) is 18.6. The van der Waals surface area contributed by atoms with Crippen LogP contribution in [0.15, 0.2) is 52.4 Å². The monoisotopic (exact) mass is 364 g/mol. The fourth-order valence-electron chi connectivity index (χ4n) is 3.03. The second-order valence-electron chi connectivity index (χ2n) is 6.13. The Morgan fingerprint density at radius 1 is 0.852 bits per heavy atom. The fraction of sp³-hybridized carbons (Fsp3) is 0.227. The molecule has 0 aromatic heterocycles. The smallest absolute Gasteiger partial charge is 0.342 e. The van der Waals surface area contributed by atoms with Crippen molar-refractivity contribution in [2.45, 2.75) is 20.3 Å². The zero-order valence-electron chi connectivity index (χ0n) is 15.3. The molecule has 2 bridgehead atoms. The summed E-state index contributed by atoms with van der Waals surface area (Å²) in [5.41, 5.74) is 1.04. The highest BCUT2D eigenvalue weighted by Crippen LogP contribution is 2.18. The summed E-state index contributed by atoms with van der Waals surface area (Å²) in [6.45, 7) is 3.58. The minimum Gasteiger partial charge on any atom is -0.462 e. The average molecular weight is 364 g/mol. The van der Waals surface area contributed by atoms with Crippen molar-refractivity contribution in [3.63, 3.8) is 0 Å². The van der Waals surface area contributed by atoms with Gasteiger partial charge in [0, 0.05) is 0 Å². The Bertz CT molecular complexity index is 989. The molecule has 0 radical (unpaired) electrons. The van der Waals surface area contributed by atoms with E-state index in [-0.39, 0.29) is 24.3 Å². The van der Waals surface area contributed by atoms with Crippen molar-refractivity contribution in [3.05, 3.63) is 79.4 Å². The van der Waals surface area contributed by atoms with Crippen LogP contribution in [0.1, 0.15) is 41.0 Å². The molecule has 27 heavy (non-hydrogen) atoms. The fourth-order valence-corrected chi connectivity index (χ4v) is 3.03. The molecule has 0 fully saturated rings. The molecule has 5 heteroatoms. The predicted molar refractivity (Wildman–Crippen MR) is 103 cm³/mol. The maximum absolute atomic E-state index is 12.9. The van der Waals surface area contributed by atoms with Gasteiger partial charge in [-0.1, -0.05) is 36.5 Å². The zero-order valence-corrected chi connectivity index (χ0v) is 15.3. The molecule has 0 saturated carbocycles. The van der Waals surface area contributed by atoms with E-state index in [4.69, 9.17) is 9.47 Å². The summed E-state index contributed by atoms with van der Waals surface area (Å²) in [6.07, 6.45) is 12.4. The lowest BCUT2D eigenvalue weighted by atomic mass is 10.1. The minimum atomic E-state index is -0.752. The summed E-state index contributed by atoms with van der Waals surface area (Å²) in [5.74, 6) is -1.50. The van der Waals surface area contributed by atoms with Gasteiger partial charge in [0.05, 0.1) is 13.2 Å². The van der Waals surface area contributed by atoms with Crippen LogP contribution in [0.4, 0.5) is 0 Å². The molecule has 2 aliphatic carbocycles. The van der Waals surface area contributed by atoms with Gasteiger partial charge in [-0.2, -0.15) is 0 Å². The van der Waals surface area contributed by atoms with E-state index in [0.717, 1.165) is 17.6 Å². The highest BCUT2D eigenvalue weighted by molar-refractivity contribution is 5.95. The molecule has 0 saturated heterocycles. The van der Waals surface area contributed by atoms with E-state index in [2.05, 4.69) is 0 Å². The topological polar surface area (TPSA) is 69.7 Å². The van der Waals surface area contributed by atoms with Gasteiger partial charge in [-0.25, -0.2) is 9.59 Å². The molecule has 1 aromatic rings. The third-order valence-corrected chi connectivity index (χ3v) is 4.23. The molecular weight excluding hydrogens is 344 g/mol. The Labute approximate surface area is 156 Å². The van der Waals surface area contributed by atoms with Crippen LogP contribution in [0.3, 0.4) is 0 Å². The molecule has 0 aliphatic heterocycles. The lowest BCUT2D eigenvalue weighted by Crippen LogP contribution is -2.23. The van der Waals surface area contributed by atoms with Gasteiger partial charge >= 0.3 is 11.9 Å². The average Bonchev–Trinajstić information content (AvgIpc) is 3.00. The van der Waals surface area contributed by atoms with Gasteiger partial charge in [-0.05, 0) is 54.0 Å². The Balaban J connectivity index is 2.40. The van der Waals surface area contributed by atoms with E-state index in [1.807, 2.05) is 36.5 Å². The molecule has 0 N–H and O–H groups in total. The largest absolute Gasteiger partial charge is 0.462 e. The van der Waals surface area contributed by atoms with Crippen LogP contribution in [0, 0.1) is 0 Å². The first-order valence-corrected chi connectivity index (χ1v) is 8.86. The summed E-state index contributed by atoms with van der Waals surface area (Å²) in [7, 11) is 0. The van der Waals surface area contributed by atoms with Crippen LogP contribution < -0.4 is 15.9 Å². The number of hydrogen-bond acceptors (Lipinski definition) is 5. The molecule has 0 atom stereocenters. The van der Waals surface area contributed by atoms with Crippen LogP contribution in [0.5, 0.6) is 0 Å². The van der Waals surface area contributed by atoms with Gasteiger partial charge in [0.1, 0.15) is 11.1 Å². The van der Waals surface area contributed by atoms with Crippen LogP contribution in [0.2, 0.25) is 0 Å². The Hall–Kier alpha value is -3.21. The number of hydrogen-bond donors (Lipinski definition) is 0. The maximum Gasteiger partial charge on any atom is 0.342 e. The summed E-state index contributed by atoms with van der Waals surface area (Å²) in [6, 6.07) is 2.99. The van der Waals surface area contributed by atoms with E-state index in [9.17, 15) is 14.4 Å². The van der Waals surface area contributed by atoms with Crippen molar-refractivity contribution < 1.29 is 19.1 Å². The highest BCUT2D eigenvalue weighted by Gasteiger charge is 2.19. The lowest BCUT2D eigenvalue weighted by Gasteiger charge is -2.01.